The second kappa shape index (κ2) is 8.94. The van der Waals surface area contributed by atoms with E-state index in [-0.39, 0.29) is 22.5 Å². The van der Waals surface area contributed by atoms with Gasteiger partial charge in [-0.1, -0.05) is 59.6 Å². The van der Waals surface area contributed by atoms with E-state index >= 15 is 0 Å². The first-order valence-corrected chi connectivity index (χ1v) is 10.4. The lowest BCUT2D eigenvalue weighted by Gasteiger charge is -2.14. The van der Waals surface area contributed by atoms with E-state index in [1.807, 2.05) is 0 Å². The van der Waals surface area contributed by atoms with Crippen molar-refractivity contribution in [3.63, 3.8) is 0 Å². The van der Waals surface area contributed by atoms with Crippen molar-refractivity contribution in [2.45, 2.75) is 13.5 Å². The smallest absolute Gasteiger partial charge is 0.244 e. The van der Waals surface area contributed by atoms with E-state index in [4.69, 9.17) is 23.2 Å². The van der Waals surface area contributed by atoms with Gasteiger partial charge in [0.15, 0.2) is 5.78 Å². The van der Waals surface area contributed by atoms with Gasteiger partial charge in [0.1, 0.15) is 12.2 Å². The number of hydrogen-bond acceptors (Lipinski definition) is 4. The molecule has 0 unspecified atom stereocenters. The van der Waals surface area contributed by atoms with Crippen LogP contribution in [0.25, 0.3) is 11.0 Å². The van der Waals surface area contributed by atoms with Crippen molar-refractivity contribution >= 4 is 51.6 Å². The van der Waals surface area contributed by atoms with E-state index < -0.39 is 17.1 Å². The molecule has 8 heteroatoms. The van der Waals surface area contributed by atoms with Crippen molar-refractivity contribution in [1.82, 2.24) is 9.55 Å². The summed E-state index contributed by atoms with van der Waals surface area (Å²) in [5, 5.41) is 3.50. The number of nitrogens with zero attached hydrogens (tertiary/aromatic N) is 2. The molecule has 0 aliphatic carbocycles. The summed E-state index contributed by atoms with van der Waals surface area (Å²) >= 11 is 12.2. The third-order valence-corrected chi connectivity index (χ3v) is 5.70. The van der Waals surface area contributed by atoms with Crippen LogP contribution in [0.3, 0.4) is 0 Å². The number of fused-ring (bicyclic) bond motifs is 1. The highest BCUT2D eigenvalue weighted by Gasteiger charge is 2.19. The van der Waals surface area contributed by atoms with Crippen molar-refractivity contribution in [2.24, 2.45) is 0 Å². The third kappa shape index (κ3) is 4.28. The fourth-order valence-electron chi connectivity index (χ4n) is 3.33. The predicted molar refractivity (Wildman–Crippen MR) is 126 cm³/mol. The average molecular weight is 466 g/mol. The Balaban J connectivity index is 1.77. The number of anilines is 1. The van der Waals surface area contributed by atoms with Gasteiger partial charge in [0.25, 0.3) is 0 Å². The highest BCUT2D eigenvalue weighted by Crippen LogP contribution is 2.29. The van der Waals surface area contributed by atoms with Crippen molar-refractivity contribution in [3.8, 4) is 0 Å². The van der Waals surface area contributed by atoms with E-state index in [2.05, 4.69) is 10.3 Å². The number of rotatable bonds is 5. The molecule has 0 spiro atoms. The molecule has 0 radical (unpaired) electrons. The van der Waals surface area contributed by atoms with Gasteiger partial charge in [-0.15, -0.1) is 0 Å². The van der Waals surface area contributed by atoms with Gasteiger partial charge in [0, 0.05) is 17.5 Å². The number of pyridine rings is 2. The summed E-state index contributed by atoms with van der Waals surface area (Å²) < 4.78 is 1.49. The van der Waals surface area contributed by atoms with Crippen LogP contribution in [-0.2, 0) is 11.3 Å². The first-order valence-electron chi connectivity index (χ1n) is 9.69. The summed E-state index contributed by atoms with van der Waals surface area (Å²) in [5.41, 5.74) is 1.25. The molecule has 4 rings (SSSR count). The molecule has 6 nitrogen and oxygen atoms in total. The molecule has 0 aliphatic rings. The topological polar surface area (TPSA) is 81.1 Å². The fourth-order valence-corrected chi connectivity index (χ4v) is 3.68. The minimum absolute atomic E-state index is 0.0389. The molecule has 0 aliphatic heterocycles. The zero-order valence-corrected chi connectivity index (χ0v) is 18.4. The van der Waals surface area contributed by atoms with Gasteiger partial charge in [-0.25, -0.2) is 4.98 Å². The number of hydrogen-bond donors (Lipinski definition) is 1. The molecule has 0 bridgehead atoms. The molecule has 0 saturated carbocycles. The molecule has 0 atom stereocenters. The van der Waals surface area contributed by atoms with E-state index in [9.17, 15) is 14.4 Å². The predicted octanol–water partition coefficient (Wildman–Crippen LogP) is 4.88. The summed E-state index contributed by atoms with van der Waals surface area (Å²) in [5.74, 6) is -0.842. The molecule has 2 aromatic carbocycles. The first kappa shape index (κ1) is 21.7. The van der Waals surface area contributed by atoms with Crippen molar-refractivity contribution in [3.05, 3.63) is 104 Å². The maximum atomic E-state index is 13.1. The number of carbonyl (C=O) groups excluding carboxylic acids is 2. The molecular formula is C24H17Cl2N3O3. The van der Waals surface area contributed by atoms with Crippen LogP contribution in [0.4, 0.5) is 5.69 Å². The normalized spacial score (nSPS) is 10.8. The zero-order valence-electron chi connectivity index (χ0n) is 16.9. The third-order valence-electron chi connectivity index (χ3n) is 4.88. The lowest BCUT2D eigenvalue weighted by atomic mass is 10.0. The largest absolute Gasteiger partial charge is 0.323 e. The Bertz CT molecular complexity index is 1420. The monoisotopic (exact) mass is 465 g/mol. The number of amides is 1. The second-order valence-electron chi connectivity index (χ2n) is 7.17. The summed E-state index contributed by atoms with van der Waals surface area (Å²) in [6.45, 7) is 1.59. The standard InChI is InChI=1S/C24H17Cl2N3O3/c1-14-10-11-16-23(32)17(22(31)15-6-3-2-4-7-15)12-29(24(16)27-14)13-20(30)28-19-9-5-8-18(25)21(19)26/h2-12H,13H2,1H3,(H,28,30). The molecule has 0 saturated heterocycles. The average Bonchev–Trinajstić information content (AvgIpc) is 2.79. The molecule has 160 valence electrons. The SMILES string of the molecule is Cc1ccc2c(=O)c(C(=O)c3ccccc3)cn(CC(=O)Nc3cccc(Cl)c3Cl)c2n1. The highest BCUT2D eigenvalue weighted by molar-refractivity contribution is 6.44. The van der Waals surface area contributed by atoms with Crippen LogP contribution >= 0.6 is 23.2 Å². The van der Waals surface area contributed by atoms with Crippen LogP contribution in [0.2, 0.25) is 10.0 Å². The van der Waals surface area contributed by atoms with Gasteiger partial charge >= 0.3 is 0 Å². The molecule has 32 heavy (non-hydrogen) atoms. The molecular weight excluding hydrogens is 449 g/mol. The summed E-state index contributed by atoms with van der Waals surface area (Å²) in [6.07, 6.45) is 1.38. The van der Waals surface area contributed by atoms with Crippen LogP contribution in [0.5, 0.6) is 0 Å². The minimum atomic E-state index is -0.434. The number of ketones is 1. The summed E-state index contributed by atoms with van der Waals surface area (Å²) in [7, 11) is 0. The van der Waals surface area contributed by atoms with Crippen LogP contribution in [0.1, 0.15) is 21.6 Å². The van der Waals surface area contributed by atoms with Gasteiger partial charge < -0.3 is 9.88 Å². The maximum Gasteiger partial charge on any atom is 0.244 e. The molecule has 0 fully saturated rings. The quantitative estimate of drug-likeness (QED) is 0.425. The lowest BCUT2D eigenvalue weighted by molar-refractivity contribution is -0.116. The van der Waals surface area contributed by atoms with Gasteiger partial charge in [-0.2, -0.15) is 0 Å². The number of benzene rings is 2. The Morgan fingerprint density at radius 1 is 1.00 bits per heavy atom. The Morgan fingerprint density at radius 3 is 2.50 bits per heavy atom. The van der Waals surface area contributed by atoms with Gasteiger partial charge in [-0.3, -0.25) is 14.4 Å². The van der Waals surface area contributed by atoms with Gasteiger partial charge in [-0.05, 0) is 31.2 Å². The van der Waals surface area contributed by atoms with Crippen molar-refractivity contribution in [2.75, 3.05) is 5.32 Å². The van der Waals surface area contributed by atoms with E-state index in [1.165, 1.54) is 10.8 Å². The highest BCUT2D eigenvalue weighted by atomic mass is 35.5. The van der Waals surface area contributed by atoms with Crippen LogP contribution in [0.15, 0.2) is 71.7 Å². The van der Waals surface area contributed by atoms with E-state index in [0.29, 0.717) is 27.6 Å². The van der Waals surface area contributed by atoms with Gasteiger partial charge in [0.2, 0.25) is 11.3 Å². The number of aryl methyl sites for hydroxylation is 1. The Labute approximate surface area is 193 Å². The Hall–Kier alpha value is -3.48. The zero-order chi connectivity index (χ0) is 22.8. The maximum absolute atomic E-state index is 13.1. The summed E-state index contributed by atoms with van der Waals surface area (Å²) in [4.78, 5) is 43.3. The molecule has 4 aromatic rings. The number of aromatic nitrogens is 2. The first-order chi connectivity index (χ1) is 15.3. The molecule has 1 amide bonds. The van der Waals surface area contributed by atoms with Crippen LogP contribution < -0.4 is 10.7 Å². The van der Waals surface area contributed by atoms with Crippen molar-refractivity contribution < 1.29 is 9.59 Å². The van der Waals surface area contributed by atoms with E-state index in [0.717, 1.165) is 0 Å². The van der Waals surface area contributed by atoms with E-state index in [1.54, 1.807) is 67.6 Å². The lowest BCUT2D eigenvalue weighted by Crippen LogP contribution is -2.25. The molecule has 1 N–H and O–H groups in total. The molecule has 2 aromatic heterocycles. The van der Waals surface area contributed by atoms with Crippen LogP contribution in [0, 0.1) is 6.92 Å². The molecule has 2 heterocycles. The second-order valence-corrected chi connectivity index (χ2v) is 7.95. The Morgan fingerprint density at radius 2 is 1.75 bits per heavy atom. The number of nitrogens with one attached hydrogen (secondary N) is 1. The fraction of sp³-hybridized carbons (Fsp3) is 0.0833. The number of halogens is 2. The van der Waals surface area contributed by atoms with Gasteiger partial charge in [0.05, 0.1) is 26.7 Å². The van der Waals surface area contributed by atoms with Crippen LogP contribution in [-0.4, -0.2) is 21.2 Å². The number of carbonyl (C=O) groups is 2. The Kier molecular flexibility index (Phi) is 6.08. The van der Waals surface area contributed by atoms with Crippen molar-refractivity contribution in [1.29, 1.82) is 0 Å². The summed E-state index contributed by atoms with van der Waals surface area (Å²) in [6, 6.07) is 16.7. The minimum Gasteiger partial charge on any atom is -0.323 e.